The molecule has 0 saturated heterocycles. The molecule has 0 fully saturated rings. The number of nitrogens with one attached hydrogen (secondary N) is 1. The summed E-state index contributed by atoms with van der Waals surface area (Å²) in [7, 11) is 0. The van der Waals surface area contributed by atoms with E-state index < -0.39 is 0 Å². The predicted octanol–water partition coefficient (Wildman–Crippen LogP) is 2.35. The molecule has 0 bridgehead atoms. The van der Waals surface area contributed by atoms with E-state index in [0.717, 1.165) is 17.9 Å². The average Bonchev–Trinajstić information content (AvgIpc) is 2.83. The van der Waals surface area contributed by atoms with Crippen molar-refractivity contribution >= 4 is 0 Å². The molecule has 0 amide bonds. The number of hydrogen-bond acceptors (Lipinski definition) is 4. The smallest absolute Gasteiger partial charge is 0.209 e. The van der Waals surface area contributed by atoms with Gasteiger partial charge in [0.05, 0.1) is 19.0 Å². The third kappa shape index (κ3) is 2.10. The minimum absolute atomic E-state index is 0.649. The molecule has 4 heteroatoms. The summed E-state index contributed by atoms with van der Waals surface area (Å²) in [5.41, 5.74) is 1.06. The highest BCUT2D eigenvalue weighted by Gasteiger charge is 2.11. The Bertz CT molecular complexity index is 431. The van der Waals surface area contributed by atoms with Crippen LogP contribution in [0.5, 0.6) is 0 Å². The highest BCUT2D eigenvalue weighted by Crippen LogP contribution is 2.24. The lowest BCUT2D eigenvalue weighted by Gasteiger charge is -1.95. The van der Waals surface area contributed by atoms with E-state index in [-0.39, 0.29) is 0 Å². The summed E-state index contributed by atoms with van der Waals surface area (Å²) in [5.74, 6) is 2.12. The summed E-state index contributed by atoms with van der Waals surface area (Å²) < 4.78 is 10.9. The van der Waals surface area contributed by atoms with Crippen LogP contribution in [-0.4, -0.2) is 11.5 Å². The summed E-state index contributed by atoms with van der Waals surface area (Å²) in [5, 5.41) is 3.15. The van der Waals surface area contributed by atoms with Gasteiger partial charge in [-0.1, -0.05) is 6.92 Å². The van der Waals surface area contributed by atoms with Crippen LogP contribution in [0.15, 0.2) is 27.4 Å². The van der Waals surface area contributed by atoms with Gasteiger partial charge in [-0.2, -0.15) is 0 Å². The number of oxazole rings is 1. The standard InChI is InChI=1S/C11H14N2O2/c1-3-12-7-10-13-6-9(15-10)11-8(2)4-5-14-11/h4-6,12H,3,7H2,1-2H3. The van der Waals surface area contributed by atoms with Crippen molar-refractivity contribution in [3.8, 4) is 11.5 Å². The molecule has 0 aliphatic carbocycles. The van der Waals surface area contributed by atoms with E-state index in [2.05, 4.69) is 10.3 Å². The fraction of sp³-hybridized carbons (Fsp3) is 0.364. The highest BCUT2D eigenvalue weighted by atomic mass is 16.4. The minimum Gasteiger partial charge on any atom is -0.461 e. The van der Waals surface area contributed by atoms with Crippen LogP contribution in [0.4, 0.5) is 0 Å². The van der Waals surface area contributed by atoms with E-state index in [4.69, 9.17) is 8.83 Å². The van der Waals surface area contributed by atoms with Gasteiger partial charge in [-0.15, -0.1) is 0 Å². The molecule has 0 atom stereocenters. The Kier molecular flexibility index (Phi) is 2.87. The van der Waals surface area contributed by atoms with Gasteiger partial charge in [-0.25, -0.2) is 4.98 Å². The number of rotatable bonds is 4. The van der Waals surface area contributed by atoms with Crippen molar-refractivity contribution < 1.29 is 8.83 Å². The first-order valence-electron chi connectivity index (χ1n) is 5.01. The summed E-state index contributed by atoms with van der Waals surface area (Å²) in [6.07, 6.45) is 3.34. The Balaban J connectivity index is 2.17. The zero-order valence-corrected chi connectivity index (χ0v) is 8.91. The molecule has 2 heterocycles. The molecule has 0 aromatic carbocycles. The first-order valence-corrected chi connectivity index (χ1v) is 5.01. The Hall–Kier alpha value is -1.55. The van der Waals surface area contributed by atoms with E-state index in [1.807, 2.05) is 19.9 Å². The maximum Gasteiger partial charge on any atom is 0.209 e. The summed E-state index contributed by atoms with van der Waals surface area (Å²) in [6, 6.07) is 1.90. The maximum atomic E-state index is 5.54. The van der Waals surface area contributed by atoms with Crippen molar-refractivity contribution in [2.45, 2.75) is 20.4 Å². The Morgan fingerprint density at radius 3 is 3.00 bits per heavy atom. The van der Waals surface area contributed by atoms with E-state index in [9.17, 15) is 0 Å². The minimum atomic E-state index is 0.649. The fourth-order valence-corrected chi connectivity index (χ4v) is 1.35. The second kappa shape index (κ2) is 4.31. The molecule has 2 aromatic rings. The van der Waals surface area contributed by atoms with Crippen molar-refractivity contribution in [3.63, 3.8) is 0 Å². The number of hydrogen-bond donors (Lipinski definition) is 1. The molecule has 0 radical (unpaired) electrons. The van der Waals surface area contributed by atoms with Crippen molar-refractivity contribution in [1.82, 2.24) is 10.3 Å². The van der Waals surface area contributed by atoms with Gasteiger partial charge in [0.15, 0.2) is 11.5 Å². The number of nitrogens with zero attached hydrogens (tertiary/aromatic N) is 1. The van der Waals surface area contributed by atoms with Crippen molar-refractivity contribution in [1.29, 1.82) is 0 Å². The molecule has 0 spiro atoms. The quantitative estimate of drug-likeness (QED) is 0.834. The SMILES string of the molecule is CCNCc1ncc(-c2occc2C)o1. The molecule has 1 N–H and O–H groups in total. The monoisotopic (exact) mass is 206 g/mol. The average molecular weight is 206 g/mol. The third-order valence-electron chi connectivity index (χ3n) is 2.17. The number of furan rings is 1. The van der Waals surface area contributed by atoms with Crippen LogP contribution in [0.2, 0.25) is 0 Å². The van der Waals surface area contributed by atoms with Gasteiger partial charge < -0.3 is 14.2 Å². The van der Waals surface area contributed by atoms with Gasteiger partial charge in [0, 0.05) is 0 Å². The van der Waals surface area contributed by atoms with E-state index in [1.165, 1.54) is 0 Å². The van der Waals surface area contributed by atoms with Gasteiger partial charge in [0.25, 0.3) is 0 Å². The molecule has 0 aliphatic rings. The topological polar surface area (TPSA) is 51.2 Å². The zero-order chi connectivity index (χ0) is 10.7. The Morgan fingerprint density at radius 2 is 2.33 bits per heavy atom. The van der Waals surface area contributed by atoms with Crippen LogP contribution in [0, 0.1) is 6.92 Å². The van der Waals surface area contributed by atoms with Gasteiger partial charge in [-0.05, 0) is 25.1 Å². The van der Waals surface area contributed by atoms with Crippen molar-refractivity contribution in [2.24, 2.45) is 0 Å². The maximum absolute atomic E-state index is 5.54. The number of aryl methyl sites for hydroxylation is 1. The first kappa shape index (κ1) is 9.98. The van der Waals surface area contributed by atoms with Crippen molar-refractivity contribution in [3.05, 3.63) is 30.0 Å². The molecular weight excluding hydrogens is 192 g/mol. The van der Waals surface area contributed by atoms with Crippen LogP contribution in [0.1, 0.15) is 18.4 Å². The third-order valence-corrected chi connectivity index (χ3v) is 2.17. The molecule has 15 heavy (non-hydrogen) atoms. The van der Waals surface area contributed by atoms with Crippen LogP contribution in [0.3, 0.4) is 0 Å². The molecule has 0 aliphatic heterocycles. The largest absolute Gasteiger partial charge is 0.461 e. The molecule has 0 saturated carbocycles. The molecule has 2 aromatic heterocycles. The predicted molar refractivity (Wildman–Crippen MR) is 56.3 cm³/mol. The molecular formula is C11H14N2O2. The van der Waals surface area contributed by atoms with Crippen LogP contribution in [0.25, 0.3) is 11.5 Å². The van der Waals surface area contributed by atoms with Gasteiger partial charge in [0.1, 0.15) is 0 Å². The lowest BCUT2D eigenvalue weighted by atomic mass is 10.2. The summed E-state index contributed by atoms with van der Waals surface area (Å²) >= 11 is 0. The highest BCUT2D eigenvalue weighted by molar-refractivity contribution is 5.53. The van der Waals surface area contributed by atoms with E-state index in [1.54, 1.807) is 12.5 Å². The van der Waals surface area contributed by atoms with Crippen LogP contribution in [-0.2, 0) is 6.54 Å². The van der Waals surface area contributed by atoms with Crippen molar-refractivity contribution in [2.75, 3.05) is 6.54 Å². The zero-order valence-electron chi connectivity index (χ0n) is 8.91. The fourth-order valence-electron chi connectivity index (χ4n) is 1.35. The summed E-state index contributed by atoms with van der Waals surface area (Å²) in [6.45, 7) is 5.57. The molecule has 2 rings (SSSR count). The Labute approximate surface area is 88.3 Å². The van der Waals surface area contributed by atoms with Gasteiger partial charge in [-0.3, -0.25) is 0 Å². The van der Waals surface area contributed by atoms with Gasteiger partial charge in [0.2, 0.25) is 5.89 Å². The number of aromatic nitrogens is 1. The second-order valence-corrected chi connectivity index (χ2v) is 3.33. The van der Waals surface area contributed by atoms with Crippen LogP contribution < -0.4 is 5.32 Å². The normalized spacial score (nSPS) is 10.8. The lowest BCUT2D eigenvalue weighted by molar-refractivity contribution is 0.464. The second-order valence-electron chi connectivity index (χ2n) is 3.33. The Morgan fingerprint density at radius 1 is 1.47 bits per heavy atom. The first-order chi connectivity index (χ1) is 7.31. The van der Waals surface area contributed by atoms with Crippen LogP contribution >= 0.6 is 0 Å². The molecule has 80 valence electrons. The van der Waals surface area contributed by atoms with Gasteiger partial charge >= 0.3 is 0 Å². The van der Waals surface area contributed by atoms with E-state index in [0.29, 0.717) is 18.2 Å². The van der Waals surface area contributed by atoms with E-state index >= 15 is 0 Å². The molecule has 0 unspecified atom stereocenters. The molecule has 4 nitrogen and oxygen atoms in total. The summed E-state index contributed by atoms with van der Waals surface area (Å²) in [4.78, 5) is 4.16. The lowest BCUT2D eigenvalue weighted by Crippen LogP contribution is -2.11.